The van der Waals surface area contributed by atoms with Crippen LogP contribution in [0, 0.1) is 5.92 Å². The summed E-state index contributed by atoms with van der Waals surface area (Å²) in [5.41, 5.74) is 0.836. The molecule has 0 amide bonds. The smallest absolute Gasteiger partial charge is 0.184 e. The van der Waals surface area contributed by atoms with Gasteiger partial charge in [-0.3, -0.25) is 0 Å². The molecule has 1 saturated carbocycles. The number of hydrogen-bond acceptors (Lipinski definition) is 4. The van der Waals surface area contributed by atoms with Crippen molar-refractivity contribution in [2.75, 3.05) is 13.7 Å². The van der Waals surface area contributed by atoms with Crippen LogP contribution in [0.1, 0.15) is 12.0 Å². The molecule has 0 spiro atoms. The van der Waals surface area contributed by atoms with Gasteiger partial charge in [0.15, 0.2) is 6.29 Å². The molecule has 1 aromatic rings. The Morgan fingerprint density at radius 1 is 1.39 bits per heavy atom. The van der Waals surface area contributed by atoms with E-state index in [0.29, 0.717) is 13.2 Å². The summed E-state index contributed by atoms with van der Waals surface area (Å²) < 4.78 is 16.5. The van der Waals surface area contributed by atoms with E-state index in [4.69, 9.17) is 14.2 Å². The second-order valence-electron chi connectivity index (χ2n) is 5.07. The van der Waals surface area contributed by atoms with Gasteiger partial charge in [0.05, 0.1) is 13.2 Å². The Hall–Kier alpha value is -0.940. The minimum Gasteiger partial charge on any atom is -0.387 e. The Kier molecular flexibility index (Phi) is 3.11. The van der Waals surface area contributed by atoms with Crippen molar-refractivity contribution in [3.05, 3.63) is 35.9 Å². The zero-order chi connectivity index (χ0) is 12.6. The van der Waals surface area contributed by atoms with Gasteiger partial charge in [0.25, 0.3) is 0 Å². The van der Waals surface area contributed by atoms with Gasteiger partial charge in [0, 0.05) is 13.0 Å². The van der Waals surface area contributed by atoms with Crippen molar-refractivity contribution in [1.82, 2.24) is 0 Å². The van der Waals surface area contributed by atoms with Crippen LogP contribution in [-0.4, -0.2) is 36.8 Å². The summed E-state index contributed by atoms with van der Waals surface area (Å²) in [7, 11) is 1.55. The molecular weight excluding hydrogens is 232 g/mol. The highest BCUT2D eigenvalue weighted by atomic mass is 16.7. The van der Waals surface area contributed by atoms with Crippen LogP contribution in [0.2, 0.25) is 0 Å². The predicted octanol–water partition coefficient (Wildman–Crippen LogP) is 1.33. The molecule has 98 valence electrons. The fourth-order valence-corrected chi connectivity index (χ4v) is 2.67. The van der Waals surface area contributed by atoms with Crippen molar-refractivity contribution < 1.29 is 19.3 Å². The molecule has 4 nitrogen and oxygen atoms in total. The number of rotatable bonds is 5. The lowest BCUT2D eigenvalue weighted by Crippen LogP contribution is -2.28. The lowest BCUT2D eigenvalue weighted by molar-refractivity contribution is -0.183. The zero-order valence-corrected chi connectivity index (χ0v) is 10.4. The molecular formula is C14H18O4. The third-order valence-electron chi connectivity index (χ3n) is 3.81. The summed E-state index contributed by atoms with van der Waals surface area (Å²) in [5, 5.41) is 9.88. The fraction of sp³-hybridized carbons (Fsp3) is 0.571. The van der Waals surface area contributed by atoms with Crippen molar-refractivity contribution in [1.29, 1.82) is 0 Å². The molecule has 0 bridgehead atoms. The molecule has 4 atom stereocenters. The van der Waals surface area contributed by atoms with E-state index < -0.39 is 12.4 Å². The minimum atomic E-state index is -0.518. The second kappa shape index (κ2) is 4.63. The number of benzene rings is 1. The average Bonchev–Trinajstić information content (AvgIpc) is 3.05. The van der Waals surface area contributed by atoms with Crippen molar-refractivity contribution in [2.45, 2.75) is 31.0 Å². The highest BCUT2D eigenvalue weighted by molar-refractivity contribution is 5.15. The predicted molar refractivity (Wildman–Crippen MR) is 64.8 cm³/mol. The summed E-state index contributed by atoms with van der Waals surface area (Å²) in [5.74, 6) is 0.165. The number of fused-ring (bicyclic) bond motifs is 1. The summed E-state index contributed by atoms with van der Waals surface area (Å²) in [4.78, 5) is 0. The number of aliphatic hydroxyl groups is 1. The highest BCUT2D eigenvalue weighted by Gasteiger charge is 2.67. The number of hydrogen-bond donors (Lipinski definition) is 1. The monoisotopic (exact) mass is 250 g/mol. The fourth-order valence-electron chi connectivity index (χ4n) is 2.67. The van der Waals surface area contributed by atoms with E-state index in [9.17, 15) is 5.11 Å². The van der Waals surface area contributed by atoms with Crippen LogP contribution in [0.5, 0.6) is 0 Å². The SMILES string of the molecule is CO[C@@H]1OC2(COCc3ccccc3)CC2C1O. The van der Waals surface area contributed by atoms with Crippen LogP contribution in [0.3, 0.4) is 0 Å². The van der Waals surface area contributed by atoms with E-state index >= 15 is 0 Å². The molecule has 0 aromatic heterocycles. The number of ether oxygens (including phenoxy) is 3. The first-order chi connectivity index (χ1) is 8.75. The quantitative estimate of drug-likeness (QED) is 0.856. The van der Waals surface area contributed by atoms with E-state index in [1.54, 1.807) is 7.11 Å². The number of methoxy groups -OCH3 is 1. The maximum atomic E-state index is 9.88. The Bertz CT molecular complexity index is 408. The molecule has 1 N–H and O–H groups in total. The molecule has 4 heteroatoms. The standard InChI is InChI=1S/C14H18O4/c1-16-13-12(15)11-7-14(11,18-13)9-17-8-10-5-3-2-4-6-10/h2-6,11-13,15H,7-9H2,1H3/t11?,12?,13-,14?/m1/s1. The summed E-state index contributed by atoms with van der Waals surface area (Å²) in [6.07, 6.45) is -0.151. The van der Waals surface area contributed by atoms with Crippen LogP contribution < -0.4 is 0 Å². The van der Waals surface area contributed by atoms with Gasteiger partial charge in [-0.1, -0.05) is 30.3 Å². The molecule has 0 radical (unpaired) electrons. The maximum Gasteiger partial charge on any atom is 0.184 e. The summed E-state index contributed by atoms with van der Waals surface area (Å²) in [6.45, 7) is 1.09. The van der Waals surface area contributed by atoms with Crippen molar-refractivity contribution in [2.24, 2.45) is 5.92 Å². The summed E-state index contributed by atoms with van der Waals surface area (Å²) in [6, 6.07) is 10.0. The van der Waals surface area contributed by atoms with E-state index in [1.807, 2.05) is 30.3 Å². The Morgan fingerprint density at radius 2 is 2.17 bits per heavy atom. The molecule has 1 saturated heterocycles. The molecule has 1 aliphatic heterocycles. The van der Waals surface area contributed by atoms with Crippen LogP contribution in [0.4, 0.5) is 0 Å². The lowest BCUT2D eigenvalue weighted by Gasteiger charge is -2.18. The second-order valence-corrected chi connectivity index (χ2v) is 5.07. The normalized spacial score (nSPS) is 37.6. The zero-order valence-electron chi connectivity index (χ0n) is 10.4. The highest BCUT2D eigenvalue weighted by Crippen LogP contribution is 2.56. The molecule has 18 heavy (non-hydrogen) atoms. The summed E-state index contributed by atoms with van der Waals surface area (Å²) >= 11 is 0. The average molecular weight is 250 g/mol. The van der Waals surface area contributed by atoms with Gasteiger partial charge >= 0.3 is 0 Å². The van der Waals surface area contributed by atoms with Crippen LogP contribution in [0.15, 0.2) is 30.3 Å². The Morgan fingerprint density at radius 3 is 2.83 bits per heavy atom. The third kappa shape index (κ3) is 2.06. The first-order valence-electron chi connectivity index (χ1n) is 6.25. The third-order valence-corrected chi connectivity index (χ3v) is 3.81. The maximum absolute atomic E-state index is 9.88. The van der Waals surface area contributed by atoms with E-state index in [0.717, 1.165) is 12.0 Å². The first kappa shape index (κ1) is 12.1. The van der Waals surface area contributed by atoms with Crippen LogP contribution in [0.25, 0.3) is 0 Å². The minimum absolute atomic E-state index is 0.165. The van der Waals surface area contributed by atoms with Gasteiger partial charge in [-0.05, 0) is 12.0 Å². The van der Waals surface area contributed by atoms with Crippen LogP contribution in [-0.2, 0) is 20.8 Å². The molecule has 1 aromatic carbocycles. The van der Waals surface area contributed by atoms with Crippen molar-refractivity contribution in [3.63, 3.8) is 0 Å². The van der Waals surface area contributed by atoms with E-state index in [2.05, 4.69) is 0 Å². The van der Waals surface area contributed by atoms with E-state index in [-0.39, 0.29) is 11.5 Å². The van der Waals surface area contributed by atoms with Gasteiger partial charge in [-0.25, -0.2) is 0 Å². The largest absolute Gasteiger partial charge is 0.387 e. The van der Waals surface area contributed by atoms with Gasteiger partial charge in [-0.15, -0.1) is 0 Å². The Labute approximate surface area is 106 Å². The van der Waals surface area contributed by atoms with Crippen LogP contribution >= 0.6 is 0 Å². The van der Waals surface area contributed by atoms with Gasteiger partial charge in [0.1, 0.15) is 11.7 Å². The lowest BCUT2D eigenvalue weighted by atomic mass is 10.2. The first-order valence-corrected chi connectivity index (χ1v) is 6.25. The van der Waals surface area contributed by atoms with Gasteiger partial charge in [0.2, 0.25) is 0 Å². The van der Waals surface area contributed by atoms with Gasteiger partial charge < -0.3 is 19.3 Å². The molecule has 2 fully saturated rings. The van der Waals surface area contributed by atoms with Crippen molar-refractivity contribution >= 4 is 0 Å². The van der Waals surface area contributed by atoms with E-state index in [1.165, 1.54) is 0 Å². The molecule has 3 unspecified atom stereocenters. The molecule has 2 aliphatic rings. The van der Waals surface area contributed by atoms with Crippen molar-refractivity contribution in [3.8, 4) is 0 Å². The van der Waals surface area contributed by atoms with Gasteiger partial charge in [-0.2, -0.15) is 0 Å². The molecule has 3 rings (SSSR count). The molecule has 1 aliphatic carbocycles. The topological polar surface area (TPSA) is 47.9 Å². The Balaban J connectivity index is 1.51. The number of aliphatic hydroxyl groups excluding tert-OH is 1. The molecule has 1 heterocycles.